The molecule has 0 radical (unpaired) electrons. The van der Waals surface area contributed by atoms with Crippen molar-refractivity contribution < 1.29 is 14.7 Å². The van der Waals surface area contributed by atoms with Crippen LogP contribution in [0.15, 0.2) is 0 Å². The van der Waals surface area contributed by atoms with E-state index < -0.39 is 18.2 Å². The van der Waals surface area contributed by atoms with Crippen molar-refractivity contribution in [1.29, 1.82) is 0 Å². The summed E-state index contributed by atoms with van der Waals surface area (Å²) in [6.45, 7) is 9.52. The van der Waals surface area contributed by atoms with Crippen LogP contribution in [-0.2, 0) is 9.59 Å². The van der Waals surface area contributed by atoms with Gasteiger partial charge in [-0.2, -0.15) is 0 Å². The average Bonchev–Trinajstić information content (AvgIpc) is 2.67. The topological polar surface area (TPSA) is 95.7 Å². The molecule has 4 N–H and O–H groups in total. The summed E-state index contributed by atoms with van der Waals surface area (Å²) in [5, 5.41) is 12.6. The Labute approximate surface area is 120 Å². The van der Waals surface area contributed by atoms with Gasteiger partial charge in [-0.05, 0) is 19.3 Å². The maximum Gasteiger partial charge on any atom is 0.243 e. The van der Waals surface area contributed by atoms with Gasteiger partial charge in [0.25, 0.3) is 0 Å². The molecular weight excluding hydrogens is 258 g/mol. The molecule has 1 unspecified atom stereocenters. The van der Waals surface area contributed by atoms with Gasteiger partial charge >= 0.3 is 0 Å². The van der Waals surface area contributed by atoms with E-state index in [-0.39, 0.29) is 36.2 Å². The van der Waals surface area contributed by atoms with E-state index in [2.05, 4.69) is 5.32 Å². The summed E-state index contributed by atoms with van der Waals surface area (Å²) in [5.41, 5.74) is 5.59. The van der Waals surface area contributed by atoms with E-state index in [0.29, 0.717) is 0 Å². The van der Waals surface area contributed by atoms with E-state index in [1.807, 2.05) is 34.6 Å². The van der Waals surface area contributed by atoms with Crippen LogP contribution in [0.25, 0.3) is 0 Å². The van der Waals surface area contributed by atoms with Crippen LogP contribution in [0.3, 0.4) is 0 Å². The monoisotopic (exact) mass is 285 g/mol. The molecule has 6 heteroatoms. The third-order valence-electron chi connectivity index (χ3n) is 3.49. The highest BCUT2D eigenvalue weighted by Gasteiger charge is 2.42. The van der Waals surface area contributed by atoms with Gasteiger partial charge in [-0.25, -0.2) is 0 Å². The third kappa shape index (κ3) is 3.93. The summed E-state index contributed by atoms with van der Waals surface area (Å²) in [4.78, 5) is 26.0. The first kappa shape index (κ1) is 16.9. The summed E-state index contributed by atoms with van der Waals surface area (Å²) >= 11 is 0. The van der Waals surface area contributed by atoms with Crippen LogP contribution in [0, 0.1) is 5.41 Å². The highest BCUT2D eigenvalue weighted by atomic mass is 16.3. The lowest BCUT2D eigenvalue weighted by molar-refractivity contribution is -0.141. The summed E-state index contributed by atoms with van der Waals surface area (Å²) in [6, 6.07) is -1.33. The van der Waals surface area contributed by atoms with E-state index in [0.717, 1.165) is 0 Å². The zero-order valence-electron chi connectivity index (χ0n) is 13.0. The Kier molecular flexibility index (Phi) is 5.15. The molecule has 0 spiro atoms. The number of rotatable bonds is 3. The number of aliphatic hydroxyl groups excluding tert-OH is 1. The van der Waals surface area contributed by atoms with Crippen molar-refractivity contribution in [1.82, 2.24) is 10.2 Å². The molecule has 0 aromatic rings. The molecule has 1 aliphatic rings. The minimum Gasteiger partial charge on any atom is -0.391 e. The number of amides is 2. The summed E-state index contributed by atoms with van der Waals surface area (Å²) in [5.74, 6) is -0.510. The zero-order valence-corrected chi connectivity index (χ0v) is 13.0. The number of nitrogens with one attached hydrogen (secondary N) is 1. The first-order chi connectivity index (χ1) is 9.04. The minimum atomic E-state index is -0.692. The van der Waals surface area contributed by atoms with Gasteiger partial charge in [-0.3, -0.25) is 9.59 Å². The summed E-state index contributed by atoms with van der Waals surface area (Å²) in [6.07, 6.45) is -0.407. The highest BCUT2D eigenvalue weighted by molar-refractivity contribution is 5.90. The van der Waals surface area contributed by atoms with E-state index in [1.54, 1.807) is 0 Å². The van der Waals surface area contributed by atoms with Crippen LogP contribution in [0.1, 0.15) is 41.0 Å². The van der Waals surface area contributed by atoms with Crippen molar-refractivity contribution in [2.75, 3.05) is 6.54 Å². The second kappa shape index (κ2) is 6.10. The standard InChI is InChI=1S/C14H27N3O3/c1-8(2)16-12(19)10-6-9(18)7-17(10)13(20)11(15)14(3,4)5/h8-11,18H,6-7,15H2,1-5H3,(H,16,19)/t9-,10+,11?/m1/s1. The van der Waals surface area contributed by atoms with E-state index >= 15 is 0 Å². The van der Waals surface area contributed by atoms with Crippen molar-refractivity contribution in [3.63, 3.8) is 0 Å². The smallest absolute Gasteiger partial charge is 0.243 e. The SMILES string of the molecule is CC(C)NC(=O)[C@@H]1C[C@@H](O)CN1C(=O)C(N)C(C)(C)C. The van der Waals surface area contributed by atoms with E-state index in [4.69, 9.17) is 5.73 Å². The molecule has 6 nitrogen and oxygen atoms in total. The largest absolute Gasteiger partial charge is 0.391 e. The molecule has 1 aliphatic heterocycles. The van der Waals surface area contributed by atoms with Gasteiger partial charge in [-0.15, -0.1) is 0 Å². The van der Waals surface area contributed by atoms with Crippen molar-refractivity contribution in [3.8, 4) is 0 Å². The number of carbonyl (C=O) groups is 2. The molecule has 0 aromatic carbocycles. The fraction of sp³-hybridized carbons (Fsp3) is 0.857. The number of nitrogens with zero attached hydrogens (tertiary/aromatic N) is 1. The maximum atomic E-state index is 12.4. The van der Waals surface area contributed by atoms with Crippen LogP contribution < -0.4 is 11.1 Å². The first-order valence-corrected chi connectivity index (χ1v) is 7.08. The molecular formula is C14H27N3O3. The van der Waals surface area contributed by atoms with Crippen LogP contribution in [0.5, 0.6) is 0 Å². The van der Waals surface area contributed by atoms with Gasteiger partial charge in [0.2, 0.25) is 11.8 Å². The van der Waals surface area contributed by atoms with E-state index in [1.165, 1.54) is 4.90 Å². The molecule has 1 rings (SSSR count). The Morgan fingerprint density at radius 1 is 1.35 bits per heavy atom. The van der Waals surface area contributed by atoms with Crippen molar-refractivity contribution in [2.24, 2.45) is 11.1 Å². The quantitative estimate of drug-likeness (QED) is 0.672. The number of nitrogens with two attached hydrogens (primary N) is 1. The summed E-state index contributed by atoms with van der Waals surface area (Å²) in [7, 11) is 0. The number of hydrogen-bond acceptors (Lipinski definition) is 4. The van der Waals surface area contributed by atoms with Gasteiger partial charge in [0, 0.05) is 19.0 Å². The molecule has 3 atom stereocenters. The number of aliphatic hydroxyl groups is 1. The van der Waals surface area contributed by atoms with Crippen LogP contribution in [-0.4, -0.2) is 52.6 Å². The second-order valence-electron chi connectivity index (χ2n) is 6.90. The zero-order chi connectivity index (χ0) is 15.7. The van der Waals surface area contributed by atoms with Crippen LogP contribution in [0.4, 0.5) is 0 Å². The molecule has 0 saturated carbocycles. The van der Waals surface area contributed by atoms with Gasteiger partial charge in [-0.1, -0.05) is 20.8 Å². The van der Waals surface area contributed by atoms with Gasteiger partial charge in [0.05, 0.1) is 12.1 Å². The minimum absolute atomic E-state index is 0.00603. The second-order valence-corrected chi connectivity index (χ2v) is 6.90. The maximum absolute atomic E-state index is 12.4. The molecule has 0 bridgehead atoms. The van der Waals surface area contributed by atoms with Gasteiger partial charge in [0.1, 0.15) is 6.04 Å². The lowest BCUT2D eigenvalue weighted by Crippen LogP contribution is -2.55. The van der Waals surface area contributed by atoms with Crippen LogP contribution >= 0.6 is 0 Å². The van der Waals surface area contributed by atoms with Gasteiger partial charge in [0.15, 0.2) is 0 Å². The van der Waals surface area contributed by atoms with E-state index in [9.17, 15) is 14.7 Å². The first-order valence-electron chi connectivity index (χ1n) is 7.08. The third-order valence-corrected chi connectivity index (χ3v) is 3.49. The normalized spacial score (nSPS) is 24.9. The summed E-state index contributed by atoms with van der Waals surface area (Å²) < 4.78 is 0. The Balaban J connectivity index is 2.86. The lowest BCUT2D eigenvalue weighted by atomic mass is 9.86. The number of β-amino-alcohol motifs (C(OH)–C–C–N with tert-alkyl or cyclic N) is 1. The molecule has 116 valence electrons. The highest BCUT2D eigenvalue weighted by Crippen LogP contribution is 2.24. The van der Waals surface area contributed by atoms with Crippen molar-refractivity contribution in [3.05, 3.63) is 0 Å². The Hall–Kier alpha value is -1.14. The Morgan fingerprint density at radius 2 is 1.90 bits per heavy atom. The predicted molar refractivity (Wildman–Crippen MR) is 76.8 cm³/mol. The fourth-order valence-electron chi connectivity index (χ4n) is 2.24. The fourth-order valence-corrected chi connectivity index (χ4v) is 2.24. The van der Waals surface area contributed by atoms with Crippen molar-refractivity contribution in [2.45, 2.75) is 65.3 Å². The molecule has 0 aromatic heterocycles. The Morgan fingerprint density at radius 3 is 2.35 bits per heavy atom. The number of likely N-dealkylation sites (tertiary alicyclic amines) is 1. The molecule has 0 aliphatic carbocycles. The molecule has 1 fully saturated rings. The Bertz CT molecular complexity index is 376. The molecule has 1 saturated heterocycles. The predicted octanol–water partition coefficient (Wildman–Crippen LogP) is -0.154. The molecule has 2 amide bonds. The molecule has 1 heterocycles. The lowest BCUT2D eigenvalue weighted by Gasteiger charge is -2.32. The number of carbonyl (C=O) groups excluding carboxylic acids is 2. The number of hydrogen-bond donors (Lipinski definition) is 3. The van der Waals surface area contributed by atoms with Gasteiger partial charge < -0.3 is 21.1 Å². The van der Waals surface area contributed by atoms with Crippen molar-refractivity contribution >= 4 is 11.8 Å². The van der Waals surface area contributed by atoms with Crippen LogP contribution in [0.2, 0.25) is 0 Å². The molecule has 20 heavy (non-hydrogen) atoms. The average molecular weight is 285 g/mol.